The van der Waals surface area contributed by atoms with Gasteiger partial charge >= 0.3 is 10.2 Å². The Labute approximate surface area is 136 Å². The van der Waals surface area contributed by atoms with Crippen molar-refractivity contribution in [3.05, 3.63) is 48.3 Å². The van der Waals surface area contributed by atoms with Crippen LogP contribution >= 0.6 is 0 Å². The first kappa shape index (κ1) is 15.7. The molecule has 1 fully saturated rings. The molecule has 0 aliphatic carbocycles. The minimum absolute atomic E-state index is 0.345. The molecule has 1 aliphatic rings. The van der Waals surface area contributed by atoms with Gasteiger partial charge in [0.15, 0.2) is 0 Å². The fourth-order valence-electron chi connectivity index (χ4n) is 2.49. The van der Waals surface area contributed by atoms with Crippen molar-refractivity contribution in [1.29, 1.82) is 0 Å². The summed E-state index contributed by atoms with van der Waals surface area (Å²) < 4.78 is 28.9. The summed E-state index contributed by atoms with van der Waals surface area (Å²) in [6.07, 6.45) is 1.74. The summed E-state index contributed by atoms with van der Waals surface area (Å²) in [5.74, 6) is 1.22. The molecule has 0 aromatic carbocycles. The van der Waals surface area contributed by atoms with Crippen LogP contribution in [0.15, 0.2) is 42.6 Å². The largest absolute Gasteiger partial charge is 0.354 e. The third-order valence-corrected chi connectivity index (χ3v) is 5.19. The predicted molar refractivity (Wildman–Crippen MR) is 89.5 cm³/mol. The SMILES string of the molecule is Cc1cccc(NS(=O)(=O)N2CCN(c3ccccn3)CC2)n1. The van der Waals surface area contributed by atoms with Crippen LogP contribution < -0.4 is 9.62 Å². The van der Waals surface area contributed by atoms with Crippen LogP contribution in [0, 0.1) is 6.92 Å². The van der Waals surface area contributed by atoms with Gasteiger partial charge in [-0.15, -0.1) is 0 Å². The summed E-state index contributed by atoms with van der Waals surface area (Å²) >= 11 is 0. The molecule has 0 spiro atoms. The molecule has 0 radical (unpaired) electrons. The number of nitrogens with zero attached hydrogens (tertiary/aromatic N) is 4. The zero-order valence-corrected chi connectivity index (χ0v) is 13.7. The maximum absolute atomic E-state index is 12.5. The Balaban J connectivity index is 1.64. The third-order valence-electron chi connectivity index (χ3n) is 3.67. The van der Waals surface area contributed by atoms with E-state index >= 15 is 0 Å². The molecule has 0 bridgehead atoms. The van der Waals surface area contributed by atoms with Crippen molar-refractivity contribution in [1.82, 2.24) is 14.3 Å². The second-order valence-corrected chi connectivity index (χ2v) is 7.02. The first-order valence-electron chi connectivity index (χ1n) is 7.42. The molecule has 1 N–H and O–H groups in total. The zero-order valence-electron chi connectivity index (χ0n) is 12.9. The smallest absolute Gasteiger partial charge is 0.302 e. The summed E-state index contributed by atoms with van der Waals surface area (Å²) in [5.41, 5.74) is 0.769. The molecule has 2 aromatic rings. The molecule has 3 rings (SSSR count). The van der Waals surface area contributed by atoms with E-state index in [0.29, 0.717) is 32.0 Å². The van der Waals surface area contributed by atoms with Crippen molar-refractivity contribution in [2.75, 3.05) is 35.8 Å². The van der Waals surface area contributed by atoms with Crippen molar-refractivity contribution in [2.45, 2.75) is 6.92 Å². The molecule has 0 unspecified atom stereocenters. The molecule has 2 aromatic heterocycles. The first-order chi connectivity index (χ1) is 11.0. The van der Waals surface area contributed by atoms with Gasteiger partial charge < -0.3 is 4.90 Å². The van der Waals surface area contributed by atoms with Gasteiger partial charge in [0.25, 0.3) is 0 Å². The third kappa shape index (κ3) is 3.77. The van der Waals surface area contributed by atoms with Crippen LogP contribution in [0.5, 0.6) is 0 Å². The second-order valence-electron chi connectivity index (χ2n) is 5.35. The van der Waals surface area contributed by atoms with Crippen LogP contribution in [-0.2, 0) is 10.2 Å². The van der Waals surface area contributed by atoms with Gasteiger partial charge in [-0.3, -0.25) is 4.72 Å². The lowest BCUT2D eigenvalue weighted by Gasteiger charge is -2.34. The molecule has 8 heteroatoms. The van der Waals surface area contributed by atoms with Gasteiger partial charge in [0.1, 0.15) is 11.6 Å². The number of aromatic nitrogens is 2. The van der Waals surface area contributed by atoms with Gasteiger partial charge in [-0.2, -0.15) is 12.7 Å². The second kappa shape index (κ2) is 6.51. The molecule has 122 valence electrons. The van der Waals surface area contributed by atoms with E-state index in [1.807, 2.05) is 31.2 Å². The van der Waals surface area contributed by atoms with Crippen molar-refractivity contribution >= 4 is 21.8 Å². The highest BCUT2D eigenvalue weighted by molar-refractivity contribution is 7.90. The minimum atomic E-state index is -3.59. The van der Waals surface area contributed by atoms with Crippen molar-refractivity contribution < 1.29 is 8.42 Å². The van der Waals surface area contributed by atoms with Gasteiger partial charge in [0, 0.05) is 38.1 Å². The van der Waals surface area contributed by atoms with Crippen LogP contribution in [0.4, 0.5) is 11.6 Å². The van der Waals surface area contributed by atoms with Crippen molar-refractivity contribution in [2.24, 2.45) is 0 Å². The Bertz CT molecular complexity index is 758. The molecule has 0 amide bonds. The predicted octanol–water partition coefficient (Wildman–Crippen LogP) is 1.26. The molecule has 0 atom stereocenters. The van der Waals surface area contributed by atoms with E-state index < -0.39 is 10.2 Å². The number of hydrogen-bond donors (Lipinski definition) is 1. The maximum atomic E-state index is 12.5. The summed E-state index contributed by atoms with van der Waals surface area (Å²) in [6, 6.07) is 11.0. The van der Waals surface area contributed by atoms with E-state index in [0.717, 1.165) is 11.5 Å². The quantitative estimate of drug-likeness (QED) is 0.911. The van der Waals surface area contributed by atoms with Crippen LogP contribution in [0.1, 0.15) is 5.69 Å². The fraction of sp³-hybridized carbons (Fsp3) is 0.333. The normalized spacial score (nSPS) is 16.3. The van der Waals surface area contributed by atoms with Gasteiger partial charge in [-0.25, -0.2) is 9.97 Å². The average molecular weight is 333 g/mol. The molecule has 7 nitrogen and oxygen atoms in total. The van der Waals surface area contributed by atoms with E-state index in [4.69, 9.17) is 0 Å². The highest BCUT2D eigenvalue weighted by Gasteiger charge is 2.27. The summed E-state index contributed by atoms with van der Waals surface area (Å²) in [4.78, 5) is 10.6. The van der Waals surface area contributed by atoms with Gasteiger partial charge in [0.05, 0.1) is 0 Å². The summed E-state index contributed by atoms with van der Waals surface area (Å²) in [5, 5.41) is 0. The van der Waals surface area contributed by atoms with E-state index in [2.05, 4.69) is 19.6 Å². The maximum Gasteiger partial charge on any atom is 0.302 e. The molecular weight excluding hydrogens is 314 g/mol. The Morgan fingerprint density at radius 2 is 1.83 bits per heavy atom. The van der Waals surface area contributed by atoms with E-state index in [1.165, 1.54) is 4.31 Å². The number of rotatable bonds is 4. The molecule has 1 saturated heterocycles. The van der Waals surface area contributed by atoms with Gasteiger partial charge in [-0.1, -0.05) is 12.1 Å². The van der Waals surface area contributed by atoms with Crippen molar-refractivity contribution in [3.8, 4) is 0 Å². The zero-order chi connectivity index (χ0) is 16.3. The minimum Gasteiger partial charge on any atom is -0.354 e. The number of hydrogen-bond acceptors (Lipinski definition) is 5. The lowest BCUT2D eigenvalue weighted by Crippen LogP contribution is -2.50. The first-order valence-corrected chi connectivity index (χ1v) is 8.86. The molecule has 3 heterocycles. The number of pyridine rings is 2. The molecule has 1 aliphatic heterocycles. The highest BCUT2D eigenvalue weighted by atomic mass is 32.2. The summed E-state index contributed by atoms with van der Waals surface area (Å²) in [7, 11) is -3.59. The summed E-state index contributed by atoms with van der Waals surface area (Å²) in [6.45, 7) is 3.87. The average Bonchev–Trinajstić information content (AvgIpc) is 2.55. The molecule has 0 saturated carbocycles. The molecular formula is C15H19N5O2S. The monoisotopic (exact) mass is 333 g/mol. The number of piperazine rings is 1. The standard InChI is InChI=1S/C15H19N5O2S/c1-13-5-4-6-14(17-13)18-23(21,22)20-11-9-19(10-12-20)15-7-2-3-8-16-15/h2-8H,9-12H2,1H3,(H,17,18). The van der Waals surface area contributed by atoms with Crippen LogP contribution in [-0.4, -0.2) is 48.9 Å². The Kier molecular flexibility index (Phi) is 4.44. The van der Waals surface area contributed by atoms with E-state index in [9.17, 15) is 8.42 Å². The Hall–Kier alpha value is -2.19. The number of aryl methyl sites for hydroxylation is 1. The van der Waals surface area contributed by atoms with E-state index in [-0.39, 0.29) is 0 Å². The van der Waals surface area contributed by atoms with Gasteiger partial charge in [0.2, 0.25) is 0 Å². The van der Waals surface area contributed by atoms with Gasteiger partial charge in [-0.05, 0) is 31.2 Å². The lowest BCUT2D eigenvalue weighted by molar-refractivity contribution is 0.386. The number of anilines is 2. The Morgan fingerprint density at radius 3 is 2.48 bits per heavy atom. The van der Waals surface area contributed by atoms with Crippen LogP contribution in [0.25, 0.3) is 0 Å². The lowest BCUT2D eigenvalue weighted by atomic mass is 10.3. The highest BCUT2D eigenvalue weighted by Crippen LogP contribution is 2.16. The molecule has 23 heavy (non-hydrogen) atoms. The fourth-order valence-corrected chi connectivity index (χ4v) is 3.65. The van der Waals surface area contributed by atoms with E-state index in [1.54, 1.807) is 18.3 Å². The topological polar surface area (TPSA) is 78.4 Å². The van der Waals surface area contributed by atoms with Crippen LogP contribution in [0.3, 0.4) is 0 Å². The Morgan fingerprint density at radius 1 is 1.04 bits per heavy atom. The number of nitrogens with one attached hydrogen (secondary N) is 1. The van der Waals surface area contributed by atoms with Crippen LogP contribution in [0.2, 0.25) is 0 Å². The van der Waals surface area contributed by atoms with Crippen molar-refractivity contribution in [3.63, 3.8) is 0 Å².